The van der Waals surface area contributed by atoms with Gasteiger partial charge in [-0.3, -0.25) is 0 Å². The van der Waals surface area contributed by atoms with Crippen LogP contribution in [0.25, 0.3) is 0 Å². The largest absolute Gasteiger partial charge is 0.384 e. The van der Waals surface area contributed by atoms with E-state index in [1.807, 2.05) is 6.92 Å². The first-order valence-corrected chi connectivity index (χ1v) is 4.25. The second kappa shape index (κ2) is 5.58. The predicted octanol–water partition coefficient (Wildman–Crippen LogP) is 2.62. The van der Waals surface area contributed by atoms with Crippen LogP contribution in [-0.2, 0) is 0 Å². The lowest BCUT2D eigenvalue weighted by atomic mass is 10.1. The Labute approximate surface area is 74.9 Å². The van der Waals surface area contributed by atoms with Crippen LogP contribution in [-0.4, -0.2) is 5.71 Å². The van der Waals surface area contributed by atoms with E-state index in [0.717, 1.165) is 24.1 Å². The van der Waals surface area contributed by atoms with E-state index in [-0.39, 0.29) is 0 Å². The van der Waals surface area contributed by atoms with Crippen LogP contribution >= 0.6 is 0 Å². The van der Waals surface area contributed by atoms with Gasteiger partial charge in [0.15, 0.2) is 0 Å². The van der Waals surface area contributed by atoms with Crippen molar-refractivity contribution in [2.75, 3.05) is 0 Å². The summed E-state index contributed by atoms with van der Waals surface area (Å²) in [6, 6.07) is 0. The Kier molecular flexibility index (Phi) is 5.09. The number of rotatable bonds is 5. The first-order chi connectivity index (χ1) is 5.57. The van der Waals surface area contributed by atoms with Crippen molar-refractivity contribution < 1.29 is 0 Å². The van der Waals surface area contributed by atoms with Crippen LogP contribution in [0.4, 0.5) is 0 Å². The second-order valence-corrected chi connectivity index (χ2v) is 2.90. The third kappa shape index (κ3) is 4.72. The van der Waals surface area contributed by atoms with Crippen LogP contribution < -0.4 is 5.73 Å². The number of nitrogens with zero attached hydrogens (tertiary/aromatic N) is 1. The molecule has 68 valence electrons. The number of allylic oxidation sites excluding steroid dienone is 1. The van der Waals surface area contributed by atoms with Crippen LogP contribution in [0.1, 0.15) is 33.1 Å². The zero-order valence-electron chi connectivity index (χ0n) is 8.06. The minimum Gasteiger partial charge on any atom is -0.384 e. The molecule has 0 aliphatic heterocycles. The average Bonchev–Trinajstić information content (AvgIpc) is 1.98. The van der Waals surface area contributed by atoms with E-state index in [9.17, 15) is 0 Å². The van der Waals surface area contributed by atoms with Crippen LogP contribution in [0.3, 0.4) is 0 Å². The van der Waals surface area contributed by atoms with Gasteiger partial charge in [-0.1, -0.05) is 26.5 Å². The fraction of sp³-hybridized carbons (Fsp3) is 0.500. The van der Waals surface area contributed by atoms with Crippen LogP contribution in [0, 0.1) is 0 Å². The minimum atomic E-state index is 0.352. The summed E-state index contributed by atoms with van der Waals surface area (Å²) < 4.78 is 0. The molecule has 0 fully saturated rings. The molecular formula is C10H18N2. The Morgan fingerprint density at radius 1 is 1.42 bits per heavy atom. The molecule has 0 saturated heterocycles. The third-order valence-corrected chi connectivity index (χ3v) is 1.66. The minimum absolute atomic E-state index is 0.352. The van der Waals surface area contributed by atoms with E-state index >= 15 is 0 Å². The molecule has 0 bridgehead atoms. The number of nitrogens with two attached hydrogens (primary N) is 1. The fourth-order valence-corrected chi connectivity index (χ4v) is 0.866. The summed E-state index contributed by atoms with van der Waals surface area (Å²) in [5.74, 6) is 0.352. The van der Waals surface area contributed by atoms with Gasteiger partial charge in [0.2, 0.25) is 0 Å². The molecule has 2 N–H and O–H groups in total. The summed E-state index contributed by atoms with van der Waals surface area (Å²) in [7, 11) is 0. The maximum Gasteiger partial charge on any atom is 0.116 e. The Hall–Kier alpha value is -1.05. The first kappa shape index (κ1) is 11.0. The molecule has 0 spiro atoms. The summed E-state index contributed by atoms with van der Waals surface area (Å²) >= 11 is 0. The van der Waals surface area contributed by atoms with E-state index in [4.69, 9.17) is 5.73 Å². The van der Waals surface area contributed by atoms with Crippen LogP contribution in [0.5, 0.6) is 0 Å². The standard InChI is InChI=1S/C10H18N2/c1-5-6-7-8(2)9(3)12-10(4)11/h2,4-7,11H2,1,3H3/b12-9-. The average molecular weight is 166 g/mol. The normalized spacial score (nSPS) is 11.3. The number of hydrogen-bond acceptors (Lipinski definition) is 2. The van der Waals surface area contributed by atoms with Gasteiger partial charge in [0, 0.05) is 5.71 Å². The van der Waals surface area contributed by atoms with Crippen molar-refractivity contribution in [1.29, 1.82) is 0 Å². The molecule has 2 nitrogen and oxygen atoms in total. The zero-order valence-corrected chi connectivity index (χ0v) is 8.06. The van der Waals surface area contributed by atoms with E-state index in [2.05, 4.69) is 25.1 Å². The van der Waals surface area contributed by atoms with E-state index in [1.165, 1.54) is 6.42 Å². The predicted molar refractivity (Wildman–Crippen MR) is 55.1 cm³/mol. The number of unbranched alkanes of at least 4 members (excludes halogenated alkanes) is 1. The lowest BCUT2D eigenvalue weighted by Crippen LogP contribution is -2.00. The van der Waals surface area contributed by atoms with Gasteiger partial charge >= 0.3 is 0 Å². The zero-order chi connectivity index (χ0) is 9.56. The van der Waals surface area contributed by atoms with Gasteiger partial charge < -0.3 is 5.73 Å². The van der Waals surface area contributed by atoms with Gasteiger partial charge in [-0.2, -0.15) is 0 Å². The molecule has 12 heavy (non-hydrogen) atoms. The highest BCUT2D eigenvalue weighted by atomic mass is 14.9. The highest BCUT2D eigenvalue weighted by molar-refractivity contribution is 5.98. The Bertz CT molecular complexity index is 202. The van der Waals surface area contributed by atoms with Crippen molar-refractivity contribution in [2.24, 2.45) is 10.7 Å². The molecule has 0 unspecified atom stereocenters. The number of aliphatic imine (C=N–C) groups is 1. The quantitative estimate of drug-likeness (QED) is 0.626. The second-order valence-electron chi connectivity index (χ2n) is 2.90. The van der Waals surface area contributed by atoms with Gasteiger partial charge in [-0.05, 0) is 25.3 Å². The molecule has 2 heteroatoms. The van der Waals surface area contributed by atoms with Gasteiger partial charge in [0.1, 0.15) is 5.82 Å². The van der Waals surface area contributed by atoms with E-state index in [1.54, 1.807) is 0 Å². The molecule has 0 radical (unpaired) electrons. The maximum absolute atomic E-state index is 5.34. The summed E-state index contributed by atoms with van der Waals surface area (Å²) in [5, 5.41) is 0. The first-order valence-electron chi connectivity index (χ1n) is 4.25. The van der Waals surface area contributed by atoms with Gasteiger partial charge in [-0.15, -0.1) is 0 Å². The summed E-state index contributed by atoms with van der Waals surface area (Å²) in [4.78, 5) is 4.03. The van der Waals surface area contributed by atoms with E-state index < -0.39 is 0 Å². The number of hydrogen-bond donors (Lipinski definition) is 1. The topological polar surface area (TPSA) is 38.4 Å². The van der Waals surface area contributed by atoms with E-state index in [0.29, 0.717) is 5.82 Å². The smallest absolute Gasteiger partial charge is 0.116 e. The summed E-state index contributed by atoms with van der Waals surface area (Å²) in [6.45, 7) is 11.5. The molecule has 0 aromatic heterocycles. The van der Waals surface area contributed by atoms with Gasteiger partial charge in [0.25, 0.3) is 0 Å². The van der Waals surface area contributed by atoms with Crippen molar-refractivity contribution in [2.45, 2.75) is 33.1 Å². The molecule has 0 atom stereocenters. The summed E-state index contributed by atoms with van der Waals surface area (Å²) in [5.41, 5.74) is 7.29. The molecule has 0 aromatic rings. The fourth-order valence-electron chi connectivity index (χ4n) is 0.866. The molecule has 0 aromatic carbocycles. The van der Waals surface area contributed by atoms with Crippen molar-refractivity contribution >= 4 is 5.71 Å². The Morgan fingerprint density at radius 3 is 2.42 bits per heavy atom. The third-order valence-electron chi connectivity index (χ3n) is 1.66. The maximum atomic E-state index is 5.34. The van der Waals surface area contributed by atoms with Gasteiger partial charge in [0.05, 0.1) is 0 Å². The Morgan fingerprint density at radius 2 is 2.00 bits per heavy atom. The molecule has 0 aliphatic rings. The highest BCUT2D eigenvalue weighted by Crippen LogP contribution is 2.07. The lowest BCUT2D eigenvalue weighted by molar-refractivity contribution is 0.803. The molecule has 0 saturated carbocycles. The van der Waals surface area contributed by atoms with Crippen molar-refractivity contribution in [1.82, 2.24) is 0 Å². The highest BCUT2D eigenvalue weighted by Gasteiger charge is 1.97. The molecule has 0 aliphatic carbocycles. The van der Waals surface area contributed by atoms with Crippen molar-refractivity contribution in [3.8, 4) is 0 Å². The molecule has 0 rings (SSSR count). The van der Waals surface area contributed by atoms with Crippen molar-refractivity contribution in [3.63, 3.8) is 0 Å². The van der Waals surface area contributed by atoms with Gasteiger partial charge in [-0.25, -0.2) is 4.99 Å². The molecule has 0 heterocycles. The molecular weight excluding hydrogens is 148 g/mol. The monoisotopic (exact) mass is 166 g/mol. The van der Waals surface area contributed by atoms with Crippen LogP contribution in [0.2, 0.25) is 0 Å². The molecule has 0 amide bonds. The lowest BCUT2D eigenvalue weighted by Gasteiger charge is -2.03. The summed E-state index contributed by atoms with van der Waals surface area (Å²) in [6.07, 6.45) is 3.33. The SMILES string of the molecule is C=C(N)/N=C(/C)C(=C)CCCC. The van der Waals surface area contributed by atoms with Crippen molar-refractivity contribution in [3.05, 3.63) is 24.6 Å². The van der Waals surface area contributed by atoms with Crippen LogP contribution in [0.15, 0.2) is 29.5 Å². The Balaban J connectivity index is 4.01.